The van der Waals surface area contributed by atoms with Crippen molar-refractivity contribution in [2.24, 2.45) is 5.10 Å². The van der Waals surface area contributed by atoms with Gasteiger partial charge in [0.05, 0.1) is 27.2 Å². The van der Waals surface area contributed by atoms with Crippen LogP contribution in [0.4, 0.5) is 5.69 Å². The molecule has 0 aromatic heterocycles. The summed E-state index contributed by atoms with van der Waals surface area (Å²) in [5.74, 6) is -0.967. The lowest BCUT2D eigenvalue weighted by Gasteiger charge is -2.05. The van der Waals surface area contributed by atoms with Crippen molar-refractivity contribution in [3.63, 3.8) is 0 Å². The van der Waals surface area contributed by atoms with Gasteiger partial charge in [-0.1, -0.05) is 34.8 Å². The van der Waals surface area contributed by atoms with Crippen molar-refractivity contribution < 1.29 is 9.90 Å². The quantitative estimate of drug-likeness (QED) is 0.504. The van der Waals surface area contributed by atoms with E-state index in [1.807, 2.05) is 0 Å². The van der Waals surface area contributed by atoms with Crippen LogP contribution in [0, 0.1) is 0 Å². The summed E-state index contributed by atoms with van der Waals surface area (Å²) in [5, 5.41) is 12.8. The van der Waals surface area contributed by atoms with Crippen LogP contribution in [-0.4, -0.2) is 17.3 Å². The maximum absolute atomic E-state index is 10.2. The normalized spacial score (nSPS) is 10.7. The Labute approximate surface area is 107 Å². The summed E-state index contributed by atoms with van der Waals surface area (Å²) in [6.45, 7) is 0. The maximum Gasteiger partial charge on any atom is 0.308 e. The average molecular weight is 282 g/mol. The minimum atomic E-state index is -0.967. The molecular formula is C9H7Cl3N2O2. The molecule has 4 nitrogen and oxygen atoms in total. The van der Waals surface area contributed by atoms with Gasteiger partial charge in [-0.3, -0.25) is 10.2 Å². The number of carboxylic acids is 1. The zero-order valence-corrected chi connectivity index (χ0v) is 10.1. The summed E-state index contributed by atoms with van der Waals surface area (Å²) in [4.78, 5) is 10.2. The van der Waals surface area contributed by atoms with Gasteiger partial charge in [-0.05, 0) is 12.1 Å². The van der Waals surface area contributed by atoms with Gasteiger partial charge in [0.1, 0.15) is 0 Å². The lowest BCUT2D eigenvalue weighted by molar-refractivity contribution is -0.135. The van der Waals surface area contributed by atoms with Crippen LogP contribution in [0.15, 0.2) is 17.2 Å². The Morgan fingerprint density at radius 1 is 1.38 bits per heavy atom. The van der Waals surface area contributed by atoms with Gasteiger partial charge in [0.2, 0.25) is 0 Å². The van der Waals surface area contributed by atoms with Crippen molar-refractivity contribution in [1.82, 2.24) is 0 Å². The molecule has 1 aromatic carbocycles. The zero-order valence-electron chi connectivity index (χ0n) is 7.88. The van der Waals surface area contributed by atoms with Crippen LogP contribution < -0.4 is 5.43 Å². The van der Waals surface area contributed by atoms with Crippen LogP contribution >= 0.6 is 34.8 Å². The fourth-order valence-electron chi connectivity index (χ4n) is 0.851. The van der Waals surface area contributed by atoms with Gasteiger partial charge in [0.15, 0.2) is 0 Å². The Morgan fingerprint density at radius 2 is 2.06 bits per heavy atom. The molecule has 0 unspecified atom stereocenters. The first-order valence-electron chi connectivity index (χ1n) is 4.15. The van der Waals surface area contributed by atoms with E-state index in [4.69, 9.17) is 39.9 Å². The summed E-state index contributed by atoms with van der Waals surface area (Å²) in [7, 11) is 0. The van der Waals surface area contributed by atoms with Crippen molar-refractivity contribution in [2.45, 2.75) is 6.42 Å². The first-order valence-corrected chi connectivity index (χ1v) is 5.28. The van der Waals surface area contributed by atoms with Gasteiger partial charge in [0.25, 0.3) is 0 Å². The number of nitrogens with one attached hydrogen (secondary N) is 1. The molecule has 0 spiro atoms. The maximum atomic E-state index is 10.2. The van der Waals surface area contributed by atoms with E-state index in [0.29, 0.717) is 10.7 Å². The molecule has 0 saturated heterocycles. The number of carboxylic acid groups (broad SMARTS) is 1. The Morgan fingerprint density at radius 3 is 2.69 bits per heavy atom. The molecule has 1 aromatic rings. The second-order valence-corrected chi connectivity index (χ2v) is 3.91. The fourth-order valence-corrected chi connectivity index (χ4v) is 1.43. The van der Waals surface area contributed by atoms with Crippen molar-refractivity contribution in [3.05, 3.63) is 27.2 Å². The number of hydrazone groups is 1. The number of hydrogen-bond acceptors (Lipinski definition) is 3. The van der Waals surface area contributed by atoms with Crippen molar-refractivity contribution in [3.8, 4) is 0 Å². The molecule has 2 N–H and O–H groups in total. The second kappa shape index (κ2) is 5.94. The van der Waals surface area contributed by atoms with E-state index in [1.165, 1.54) is 6.21 Å². The summed E-state index contributed by atoms with van der Waals surface area (Å²) >= 11 is 17.4. The van der Waals surface area contributed by atoms with Crippen LogP contribution in [-0.2, 0) is 4.79 Å². The highest BCUT2D eigenvalue weighted by atomic mass is 35.5. The smallest absolute Gasteiger partial charge is 0.308 e. The van der Waals surface area contributed by atoms with Crippen LogP contribution in [0.5, 0.6) is 0 Å². The third kappa shape index (κ3) is 3.56. The topological polar surface area (TPSA) is 61.7 Å². The van der Waals surface area contributed by atoms with E-state index >= 15 is 0 Å². The van der Waals surface area contributed by atoms with Crippen molar-refractivity contribution in [1.29, 1.82) is 0 Å². The summed E-state index contributed by atoms with van der Waals surface area (Å²) in [6.07, 6.45) is 1.03. The van der Waals surface area contributed by atoms with Gasteiger partial charge in [0, 0.05) is 6.21 Å². The van der Waals surface area contributed by atoms with Gasteiger partial charge in [-0.25, -0.2) is 0 Å². The number of anilines is 1. The summed E-state index contributed by atoms with van der Waals surface area (Å²) in [6, 6.07) is 3.15. The number of aliphatic carboxylic acids is 1. The molecule has 86 valence electrons. The first-order chi connectivity index (χ1) is 7.52. The molecule has 0 bridgehead atoms. The molecular weight excluding hydrogens is 274 g/mol. The SMILES string of the molecule is O=C(O)C/C=N/Nc1ccc(Cl)c(Cl)c1Cl. The highest BCUT2D eigenvalue weighted by Gasteiger charge is 2.07. The minimum Gasteiger partial charge on any atom is -0.481 e. The molecule has 1 rings (SSSR count). The van der Waals surface area contributed by atoms with Crippen LogP contribution in [0.1, 0.15) is 6.42 Å². The average Bonchev–Trinajstić information content (AvgIpc) is 2.23. The molecule has 0 aliphatic heterocycles. The molecule has 0 radical (unpaired) electrons. The largest absolute Gasteiger partial charge is 0.481 e. The van der Waals surface area contributed by atoms with Crippen molar-refractivity contribution in [2.75, 3.05) is 5.43 Å². The van der Waals surface area contributed by atoms with E-state index in [9.17, 15) is 4.79 Å². The monoisotopic (exact) mass is 280 g/mol. The van der Waals surface area contributed by atoms with E-state index in [0.717, 1.165) is 0 Å². The van der Waals surface area contributed by atoms with E-state index in [2.05, 4.69) is 10.5 Å². The third-order valence-electron chi connectivity index (χ3n) is 1.58. The van der Waals surface area contributed by atoms with E-state index in [-0.39, 0.29) is 16.5 Å². The number of rotatable bonds is 4. The van der Waals surface area contributed by atoms with Crippen LogP contribution in [0.3, 0.4) is 0 Å². The van der Waals surface area contributed by atoms with Gasteiger partial charge in [-0.15, -0.1) is 0 Å². The zero-order chi connectivity index (χ0) is 12.1. The molecule has 0 aliphatic rings. The number of carbonyl (C=O) groups is 1. The molecule has 0 saturated carbocycles. The standard InChI is InChI=1S/C9H7Cl3N2O2/c10-5-1-2-6(9(12)8(5)11)14-13-4-3-7(15)16/h1-2,4,14H,3H2,(H,15,16)/b13-4+. The van der Waals surface area contributed by atoms with Crippen LogP contribution in [0.25, 0.3) is 0 Å². The number of hydrogen-bond donors (Lipinski definition) is 2. The predicted molar refractivity (Wildman–Crippen MR) is 65.8 cm³/mol. The van der Waals surface area contributed by atoms with Crippen molar-refractivity contribution >= 4 is 52.7 Å². The minimum absolute atomic E-state index is 0.175. The van der Waals surface area contributed by atoms with Crippen LogP contribution in [0.2, 0.25) is 15.1 Å². The predicted octanol–water partition coefficient (Wildman–Crippen LogP) is 3.52. The number of nitrogens with zero attached hydrogens (tertiary/aromatic N) is 1. The summed E-state index contributed by atoms with van der Waals surface area (Å²) < 4.78 is 0. The second-order valence-electron chi connectivity index (χ2n) is 2.74. The highest BCUT2D eigenvalue weighted by Crippen LogP contribution is 2.35. The molecule has 0 fully saturated rings. The van der Waals surface area contributed by atoms with E-state index < -0.39 is 5.97 Å². The molecule has 0 atom stereocenters. The Bertz CT molecular complexity index is 435. The molecule has 0 heterocycles. The highest BCUT2D eigenvalue weighted by molar-refractivity contribution is 6.49. The number of benzene rings is 1. The van der Waals surface area contributed by atoms with Gasteiger partial charge in [-0.2, -0.15) is 5.10 Å². The molecule has 0 amide bonds. The molecule has 7 heteroatoms. The lowest BCUT2D eigenvalue weighted by atomic mass is 10.3. The first kappa shape index (κ1) is 13.1. The summed E-state index contributed by atoms with van der Waals surface area (Å²) in [5.41, 5.74) is 3.02. The number of halogens is 3. The van der Waals surface area contributed by atoms with Gasteiger partial charge < -0.3 is 5.11 Å². The van der Waals surface area contributed by atoms with Gasteiger partial charge >= 0.3 is 5.97 Å². The Kier molecular flexibility index (Phi) is 4.86. The van der Waals surface area contributed by atoms with E-state index in [1.54, 1.807) is 12.1 Å². The Hall–Kier alpha value is -0.970. The Balaban J connectivity index is 2.72. The third-order valence-corrected chi connectivity index (χ3v) is 2.87. The molecule has 0 aliphatic carbocycles. The lowest BCUT2D eigenvalue weighted by Crippen LogP contribution is -1.97. The fraction of sp³-hybridized carbons (Fsp3) is 0.111. The molecule has 16 heavy (non-hydrogen) atoms.